The zero-order chi connectivity index (χ0) is 10.6. The molecule has 0 saturated heterocycles. The average Bonchev–Trinajstić information content (AvgIpc) is 2.95. The standard InChI is InChI=1S/C9H18F2N2O/c1-14-5-4-13(8-2-3-8)7-9(10,11)6-12/h8H,2-7,12H2,1H3. The zero-order valence-electron chi connectivity index (χ0n) is 8.51. The number of hydrogen-bond donors (Lipinski definition) is 1. The molecule has 0 bridgehead atoms. The molecule has 1 saturated carbocycles. The van der Waals surface area contributed by atoms with Gasteiger partial charge in [0.25, 0.3) is 5.92 Å². The number of hydrogen-bond acceptors (Lipinski definition) is 3. The molecule has 1 aliphatic rings. The lowest BCUT2D eigenvalue weighted by Crippen LogP contribution is -2.44. The highest BCUT2D eigenvalue weighted by Gasteiger charge is 2.36. The van der Waals surface area contributed by atoms with Gasteiger partial charge < -0.3 is 10.5 Å². The third kappa shape index (κ3) is 3.86. The first-order valence-electron chi connectivity index (χ1n) is 4.90. The second kappa shape index (κ2) is 5.00. The highest BCUT2D eigenvalue weighted by Crippen LogP contribution is 2.28. The SMILES string of the molecule is COCCN(CC(F)(F)CN)C1CC1. The summed E-state index contributed by atoms with van der Waals surface area (Å²) in [5.41, 5.74) is 5.00. The average molecular weight is 208 g/mol. The Kier molecular flexibility index (Phi) is 4.22. The van der Waals surface area contributed by atoms with Crippen molar-refractivity contribution in [2.45, 2.75) is 24.8 Å². The van der Waals surface area contributed by atoms with Crippen LogP contribution in [0.3, 0.4) is 0 Å². The van der Waals surface area contributed by atoms with Crippen molar-refractivity contribution in [1.82, 2.24) is 4.90 Å². The van der Waals surface area contributed by atoms with Gasteiger partial charge in [-0.15, -0.1) is 0 Å². The van der Waals surface area contributed by atoms with Crippen molar-refractivity contribution in [3.8, 4) is 0 Å². The highest BCUT2D eigenvalue weighted by molar-refractivity contribution is 4.87. The fourth-order valence-corrected chi connectivity index (χ4v) is 1.40. The lowest BCUT2D eigenvalue weighted by Gasteiger charge is -2.26. The quantitative estimate of drug-likeness (QED) is 0.669. The molecule has 14 heavy (non-hydrogen) atoms. The van der Waals surface area contributed by atoms with E-state index >= 15 is 0 Å². The monoisotopic (exact) mass is 208 g/mol. The van der Waals surface area contributed by atoms with Gasteiger partial charge in [-0.25, -0.2) is 8.78 Å². The van der Waals surface area contributed by atoms with Crippen LogP contribution in [0, 0.1) is 0 Å². The first-order chi connectivity index (χ1) is 6.59. The van der Waals surface area contributed by atoms with Crippen LogP contribution >= 0.6 is 0 Å². The minimum absolute atomic E-state index is 0.239. The summed E-state index contributed by atoms with van der Waals surface area (Å²) in [5, 5.41) is 0. The molecule has 0 unspecified atom stereocenters. The van der Waals surface area contributed by atoms with E-state index in [9.17, 15) is 8.78 Å². The van der Waals surface area contributed by atoms with Crippen molar-refractivity contribution in [2.24, 2.45) is 5.73 Å². The Morgan fingerprint density at radius 3 is 2.57 bits per heavy atom. The molecule has 1 fully saturated rings. The Bertz CT molecular complexity index is 174. The van der Waals surface area contributed by atoms with Crippen molar-refractivity contribution in [1.29, 1.82) is 0 Å². The molecule has 1 rings (SSSR count). The number of nitrogens with two attached hydrogens (primary N) is 1. The Morgan fingerprint density at radius 1 is 1.50 bits per heavy atom. The number of methoxy groups -OCH3 is 1. The molecule has 0 spiro atoms. The number of alkyl halides is 2. The van der Waals surface area contributed by atoms with Crippen molar-refractivity contribution < 1.29 is 13.5 Å². The third-order valence-electron chi connectivity index (χ3n) is 2.38. The molecule has 3 nitrogen and oxygen atoms in total. The van der Waals surface area contributed by atoms with E-state index < -0.39 is 12.5 Å². The molecule has 0 aromatic heterocycles. The van der Waals surface area contributed by atoms with Gasteiger partial charge in [0.2, 0.25) is 0 Å². The summed E-state index contributed by atoms with van der Waals surface area (Å²) in [4.78, 5) is 1.77. The van der Waals surface area contributed by atoms with Gasteiger partial charge in [-0.3, -0.25) is 4.90 Å². The minimum atomic E-state index is -2.77. The summed E-state index contributed by atoms with van der Waals surface area (Å²) in [6, 6.07) is 0.322. The van der Waals surface area contributed by atoms with Gasteiger partial charge in [-0.1, -0.05) is 0 Å². The van der Waals surface area contributed by atoms with E-state index in [2.05, 4.69) is 0 Å². The van der Waals surface area contributed by atoms with Crippen molar-refractivity contribution in [3.05, 3.63) is 0 Å². The molecule has 1 aliphatic carbocycles. The molecule has 0 aromatic carbocycles. The molecular weight excluding hydrogens is 190 g/mol. The molecule has 0 heterocycles. The maximum atomic E-state index is 13.0. The van der Waals surface area contributed by atoms with E-state index in [1.807, 2.05) is 0 Å². The van der Waals surface area contributed by atoms with E-state index in [1.165, 1.54) is 0 Å². The summed E-state index contributed by atoms with van der Waals surface area (Å²) in [5.74, 6) is -2.77. The van der Waals surface area contributed by atoms with Crippen LogP contribution in [0.2, 0.25) is 0 Å². The van der Waals surface area contributed by atoms with Crippen LogP contribution in [0.25, 0.3) is 0 Å². The predicted octanol–water partition coefficient (Wildman–Crippen LogP) is 0.691. The van der Waals surface area contributed by atoms with Crippen molar-refractivity contribution >= 4 is 0 Å². The number of ether oxygens (including phenoxy) is 1. The fraction of sp³-hybridized carbons (Fsp3) is 1.00. The van der Waals surface area contributed by atoms with Crippen LogP contribution in [0.5, 0.6) is 0 Å². The van der Waals surface area contributed by atoms with Gasteiger partial charge in [-0.2, -0.15) is 0 Å². The second-order valence-corrected chi connectivity index (χ2v) is 3.75. The summed E-state index contributed by atoms with van der Waals surface area (Å²) in [6.45, 7) is 0.245. The molecule has 0 aromatic rings. The van der Waals surface area contributed by atoms with Crippen LogP contribution in [-0.2, 0) is 4.74 Å². The summed E-state index contributed by atoms with van der Waals surface area (Å²) >= 11 is 0. The fourth-order valence-electron chi connectivity index (χ4n) is 1.40. The van der Waals surface area contributed by atoms with E-state index in [1.54, 1.807) is 12.0 Å². The van der Waals surface area contributed by atoms with Crippen molar-refractivity contribution in [2.75, 3.05) is 33.4 Å². The zero-order valence-corrected chi connectivity index (χ0v) is 8.51. The van der Waals surface area contributed by atoms with E-state index in [0.29, 0.717) is 19.2 Å². The molecule has 0 radical (unpaired) electrons. The van der Waals surface area contributed by atoms with Crippen LogP contribution in [0.15, 0.2) is 0 Å². The third-order valence-corrected chi connectivity index (χ3v) is 2.38. The molecule has 0 aliphatic heterocycles. The maximum Gasteiger partial charge on any atom is 0.272 e. The maximum absolute atomic E-state index is 13.0. The lowest BCUT2D eigenvalue weighted by molar-refractivity contribution is -0.0300. The Hall–Kier alpha value is -0.260. The number of rotatable bonds is 7. The first-order valence-corrected chi connectivity index (χ1v) is 4.90. The Labute approximate surface area is 83.2 Å². The van der Waals surface area contributed by atoms with Gasteiger partial charge in [0.1, 0.15) is 0 Å². The topological polar surface area (TPSA) is 38.5 Å². The summed E-state index contributed by atoms with van der Waals surface area (Å²) in [6.07, 6.45) is 2.04. The lowest BCUT2D eigenvalue weighted by atomic mass is 10.3. The van der Waals surface area contributed by atoms with Crippen LogP contribution in [0.1, 0.15) is 12.8 Å². The molecule has 0 amide bonds. The van der Waals surface area contributed by atoms with Gasteiger partial charge >= 0.3 is 0 Å². The predicted molar refractivity (Wildman–Crippen MR) is 50.5 cm³/mol. The molecular formula is C9H18F2N2O. The molecule has 2 N–H and O–H groups in total. The molecule has 0 atom stereocenters. The van der Waals surface area contributed by atoms with Crippen LogP contribution < -0.4 is 5.73 Å². The minimum Gasteiger partial charge on any atom is -0.383 e. The summed E-state index contributed by atoms with van der Waals surface area (Å²) in [7, 11) is 1.58. The smallest absolute Gasteiger partial charge is 0.272 e. The van der Waals surface area contributed by atoms with Gasteiger partial charge in [-0.05, 0) is 12.8 Å². The normalized spacial score (nSPS) is 17.8. The molecule has 84 valence electrons. The van der Waals surface area contributed by atoms with E-state index in [4.69, 9.17) is 10.5 Å². The Morgan fingerprint density at radius 2 is 2.14 bits per heavy atom. The first kappa shape index (κ1) is 11.8. The largest absolute Gasteiger partial charge is 0.383 e. The van der Waals surface area contributed by atoms with E-state index in [0.717, 1.165) is 12.8 Å². The van der Waals surface area contributed by atoms with Crippen molar-refractivity contribution in [3.63, 3.8) is 0 Å². The second-order valence-electron chi connectivity index (χ2n) is 3.75. The number of nitrogens with zero attached hydrogens (tertiary/aromatic N) is 1. The van der Waals surface area contributed by atoms with E-state index in [-0.39, 0.29) is 6.54 Å². The summed E-state index contributed by atoms with van der Waals surface area (Å²) < 4.78 is 30.9. The molecule has 5 heteroatoms. The van der Waals surface area contributed by atoms with Gasteiger partial charge in [0, 0.05) is 19.7 Å². The van der Waals surface area contributed by atoms with Gasteiger partial charge in [0.15, 0.2) is 0 Å². The Balaban J connectivity index is 2.34. The number of halogens is 2. The highest BCUT2D eigenvalue weighted by atomic mass is 19.3. The van der Waals surface area contributed by atoms with Crippen LogP contribution in [-0.4, -0.2) is 50.2 Å². The van der Waals surface area contributed by atoms with Crippen LogP contribution in [0.4, 0.5) is 8.78 Å². The van der Waals surface area contributed by atoms with Gasteiger partial charge in [0.05, 0.1) is 19.7 Å².